The highest BCUT2D eigenvalue weighted by Gasteiger charge is 2.26. The Balaban J connectivity index is 0.971. The molecule has 0 fully saturated rings. The van der Waals surface area contributed by atoms with Gasteiger partial charge < -0.3 is 14.4 Å². The van der Waals surface area contributed by atoms with Gasteiger partial charge in [0.1, 0.15) is 0 Å². The molecule has 0 amide bonds. The highest BCUT2D eigenvalue weighted by atomic mass is 32.2. The highest BCUT2D eigenvalue weighted by Crippen LogP contribution is 2.52. The second kappa shape index (κ2) is 14.5. The summed E-state index contributed by atoms with van der Waals surface area (Å²) in [6.07, 6.45) is 6.80. The van der Waals surface area contributed by atoms with Crippen LogP contribution in [0.4, 0.5) is 34.1 Å². The minimum absolute atomic E-state index is 1.01. The summed E-state index contributed by atoms with van der Waals surface area (Å²) < 4.78 is 2.49. The van der Waals surface area contributed by atoms with Crippen molar-refractivity contribution in [2.75, 3.05) is 9.80 Å². The molecule has 9 aromatic rings. The number of aromatic nitrogens is 1. The van der Waals surface area contributed by atoms with Gasteiger partial charge in [-0.05, 0) is 132 Å². The van der Waals surface area contributed by atoms with Crippen molar-refractivity contribution in [1.82, 2.24) is 4.57 Å². The van der Waals surface area contributed by atoms with Gasteiger partial charge in [-0.1, -0.05) is 127 Å². The van der Waals surface area contributed by atoms with Gasteiger partial charge in [-0.25, -0.2) is 0 Å². The van der Waals surface area contributed by atoms with Gasteiger partial charge in [0.2, 0.25) is 0 Å². The van der Waals surface area contributed by atoms with Gasteiger partial charge in [0, 0.05) is 49.0 Å². The van der Waals surface area contributed by atoms with E-state index in [0.29, 0.717) is 0 Å². The molecule has 2 heterocycles. The average molecular weight is 762 g/mol. The number of anilines is 6. The van der Waals surface area contributed by atoms with Crippen LogP contribution in [0.2, 0.25) is 0 Å². The molecule has 0 atom stereocenters. The maximum atomic E-state index is 2.49. The second-order valence-electron chi connectivity index (χ2n) is 14.9. The minimum atomic E-state index is 1.01. The standard InChI is InChI=1S/C54H39N3S/c1-4-15-38(16-5-1)39-17-14-22-46(35-39)57-49-24-11-10-23-47(49)48-36-40(27-33-50(48)57)41-28-34-52-54(37-41)58-53-26-13-12-25-51(53)56(52)45-31-29-44(30-32-45)55(42-18-6-2-7-19-42)43-20-8-3-9-21-43/h1-13,15-21,23-37H,14,22H2. The predicted molar refractivity (Wildman–Crippen MR) is 246 cm³/mol. The molecule has 0 saturated carbocycles. The number of benzene rings is 8. The molecule has 1 aliphatic carbocycles. The molecule has 0 radical (unpaired) electrons. The van der Waals surface area contributed by atoms with Crippen LogP contribution >= 0.6 is 11.8 Å². The number of rotatable bonds is 7. The molecule has 58 heavy (non-hydrogen) atoms. The number of hydrogen-bond donors (Lipinski definition) is 0. The summed E-state index contributed by atoms with van der Waals surface area (Å²) in [6, 6.07) is 72.5. The Morgan fingerprint density at radius 1 is 0.448 bits per heavy atom. The van der Waals surface area contributed by atoms with E-state index in [4.69, 9.17) is 0 Å². The van der Waals surface area contributed by atoms with Crippen LogP contribution in [0.5, 0.6) is 0 Å². The Labute approximate surface area is 343 Å². The molecule has 1 aromatic heterocycles. The average Bonchev–Trinajstić information content (AvgIpc) is 3.63. The number of nitrogens with zero attached hydrogens (tertiary/aromatic N) is 3. The van der Waals surface area contributed by atoms with Crippen LogP contribution in [0.25, 0.3) is 44.2 Å². The first kappa shape index (κ1) is 34.3. The zero-order chi connectivity index (χ0) is 38.4. The molecule has 0 unspecified atom stereocenters. The molecule has 0 spiro atoms. The summed E-state index contributed by atoms with van der Waals surface area (Å²) in [4.78, 5) is 7.21. The summed E-state index contributed by atoms with van der Waals surface area (Å²) in [5.41, 5.74) is 15.7. The van der Waals surface area contributed by atoms with E-state index in [0.717, 1.165) is 35.6 Å². The highest BCUT2D eigenvalue weighted by molar-refractivity contribution is 7.99. The van der Waals surface area contributed by atoms with Gasteiger partial charge in [-0.3, -0.25) is 0 Å². The summed E-state index contributed by atoms with van der Waals surface area (Å²) in [5.74, 6) is 0. The lowest BCUT2D eigenvalue weighted by Crippen LogP contribution is -2.15. The lowest BCUT2D eigenvalue weighted by molar-refractivity contribution is 0.982. The SMILES string of the molecule is C1=C(c2ccccc2)C=C(n2c3ccccc3c3cc(-c4ccc5c(c4)Sc4ccccc4N5c4ccc(N(c5ccccc5)c5ccccc5)cc4)ccc32)CC1. The molecular weight excluding hydrogens is 723 g/mol. The molecule has 0 N–H and O–H groups in total. The number of fused-ring (bicyclic) bond motifs is 5. The van der Waals surface area contributed by atoms with E-state index < -0.39 is 0 Å². The van der Waals surface area contributed by atoms with Crippen molar-refractivity contribution < 1.29 is 0 Å². The molecule has 0 bridgehead atoms. The summed E-state index contributed by atoms with van der Waals surface area (Å²) in [7, 11) is 0. The third-order valence-corrected chi connectivity index (χ3v) is 12.5. The van der Waals surface area contributed by atoms with E-state index in [1.54, 1.807) is 0 Å². The molecular formula is C54H39N3S. The zero-order valence-corrected chi connectivity index (χ0v) is 32.7. The quantitative estimate of drug-likeness (QED) is 0.160. The van der Waals surface area contributed by atoms with Gasteiger partial charge in [0.15, 0.2) is 0 Å². The van der Waals surface area contributed by atoms with Crippen molar-refractivity contribution in [3.8, 4) is 11.1 Å². The van der Waals surface area contributed by atoms with E-state index in [1.165, 1.54) is 70.9 Å². The van der Waals surface area contributed by atoms with Crippen molar-refractivity contribution in [2.45, 2.75) is 22.6 Å². The number of hydrogen-bond acceptors (Lipinski definition) is 3. The lowest BCUT2D eigenvalue weighted by Gasteiger charge is -2.33. The van der Waals surface area contributed by atoms with Gasteiger partial charge >= 0.3 is 0 Å². The van der Waals surface area contributed by atoms with Crippen molar-refractivity contribution in [1.29, 1.82) is 0 Å². The van der Waals surface area contributed by atoms with Crippen LogP contribution in [0.1, 0.15) is 18.4 Å². The van der Waals surface area contributed by atoms with E-state index in [1.807, 2.05) is 11.8 Å². The van der Waals surface area contributed by atoms with E-state index in [2.05, 4.69) is 227 Å². The fourth-order valence-corrected chi connectivity index (χ4v) is 9.82. The lowest BCUT2D eigenvalue weighted by atomic mass is 9.97. The van der Waals surface area contributed by atoms with Gasteiger partial charge in [-0.15, -0.1) is 0 Å². The Morgan fingerprint density at radius 3 is 1.83 bits per heavy atom. The maximum Gasteiger partial charge on any atom is 0.0602 e. The smallest absolute Gasteiger partial charge is 0.0602 e. The fraction of sp³-hybridized carbons (Fsp3) is 0.0370. The zero-order valence-electron chi connectivity index (χ0n) is 31.9. The van der Waals surface area contributed by atoms with Crippen LogP contribution in [-0.2, 0) is 0 Å². The minimum Gasteiger partial charge on any atom is -0.313 e. The molecule has 2 aliphatic rings. The van der Waals surface area contributed by atoms with Crippen LogP contribution in [0.3, 0.4) is 0 Å². The van der Waals surface area contributed by atoms with E-state index in [9.17, 15) is 0 Å². The van der Waals surface area contributed by atoms with Crippen LogP contribution in [0.15, 0.2) is 222 Å². The third-order valence-electron chi connectivity index (χ3n) is 11.4. The Bertz CT molecular complexity index is 2980. The Kier molecular flexibility index (Phi) is 8.56. The molecule has 0 saturated heterocycles. The Hall–Kier alpha value is -7.01. The van der Waals surface area contributed by atoms with Crippen molar-refractivity contribution >= 4 is 79.0 Å². The van der Waals surface area contributed by atoms with Gasteiger partial charge in [-0.2, -0.15) is 0 Å². The summed E-state index contributed by atoms with van der Waals surface area (Å²) in [6.45, 7) is 0. The molecule has 276 valence electrons. The topological polar surface area (TPSA) is 11.4 Å². The molecule has 1 aliphatic heterocycles. The van der Waals surface area contributed by atoms with E-state index in [-0.39, 0.29) is 0 Å². The number of allylic oxidation sites excluding steroid dienone is 4. The molecule has 3 nitrogen and oxygen atoms in total. The van der Waals surface area contributed by atoms with E-state index >= 15 is 0 Å². The summed E-state index contributed by atoms with van der Waals surface area (Å²) in [5, 5.41) is 2.56. The first-order valence-electron chi connectivity index (χ1n) is 20.0. The monoisotopic (exact) mass is 761 g/mol. The first-order chi connectivity index (χ1) is 28.8. The van der Waals surface area contributed by atoms with Crippen molar-refractivity contribution in [3.63, 3.8) is 0 Å². The Morgan fingerprint density at radius 2 is 1.05 bits per heavy atom. The van der Waals surface area contributed by atoms with Crippen LogP contribution in [-0.4, -0.2) is 4.57 Å². The number of para-hydroxylation sites is 4. The van der Waals surface area contributed by atoms with Crippen molar-refractivity contribution in [3.05, 3.63) is 218 Å². The van der Waals surface area contributed by atoms with Crippen LogP contribution < -0.4 is 9.80 Å². The predicted octanol–water partition coefficient (Wildman–Crippen LogP) is 15.6. The molecule has 4 heteroatoms. The first-order valence-corrected chi connectivity index (χ1v) is 20.8. The second-order valence-corrected chi connectivity index (χ2v) is 16.0. The van der Waals surface area contributed by atoms with Crippen LogP contribution in [0, 0.1) is 0 Å². The van der Waals surface area contributed by atoms with Gasteiger partial charge in [0.25, 0.3) is 0 Å². The molecule has 11 rings (SSSR count). The molecule has 8 aromatic carbocycles. The third kappa shape index (κ3) is 6.01. The fourth-order valence-electron chi connectivity index (χ4n) is 8.72. The maximum absolute atomic E-state index is 2.49. The van der Waals surface area contributed by atoms with Crippen molar-refractivity contribution in [2.24, 2.45) is 0 Å². The normalized spacial score (nSPS) is 13.5. The largest absolute Gasteiger partial charge is 0.313 e. The summed E-state index contributed by atoms with van der Waals surface area (Å²) >= 11 is 1.85. The van der Waals surface area contributed by atoms with Gasteiger partial charge in [0.05, 0.1) is 22.4 Å².